The van der Waals surface area contributed by atoms with E-state index in [1.165, 1.54) is 3.93 Å². The number of carbonyl (C=O) groups excluding carboxylic acids is 1. The lowest BCUT2D eigenvalue weighted by Gasteiger charge is -2.11. The SMILES string of the molecule is CCN(Br)C(=O)OCc1ccccc1. The van der Waals surface area contributed by atoms with Crippen molar-refractivity contribution in [3.05, 3.63) is 35.9 Å². The van der Waals surface area contributed by atoms with Crippen LogP contribution in [0.4, 0.5) is 4.79 Å². The molecule has 0 unspecified atom stereocenters. The second-order valence-corrected chi connectivity index (χ2v) is 3.57. The Hall–Kier alpha value is -1.03. The van der Waals surface area contributed by atoms with Crippen molar-refractivity contribution in [2.24, 2.45) is 0 Å². The summed E-state index contributed by atoms with van der Waals surface area (Å²) in [6.45, 7) is 2.74. The van der Waals surface area contributed by atoms with Crippen molar-refractivity contribution < 1.29 is 9.53 Å². The van der Waals surface area contributed by atoms with E-state index in [0.29, 0.717) is 13.2 Å². The third-order valence-electron chi connectivity index (χ3n) is 1.68. The summed E-state index contributed by atoms with van der Waals surface area (Å²) in [5, 5.41) is 0. The fourth-order valence-corrected chi connectivity index (χ4v) is 1.02. The third kappa shape index (κ3) is 3.38. The van der Waals surface area contributed by atoms with E-state index >= 15 is 0 Å². The molecular weight excluding hydrogens is 246 g/mol. The van der Waals surface area contributed by atoms with Crippen LogP contribution in [0.15, 0.2) is 30.3 Å². The predicted molar refractivity (Wildman–Crippen MR) is 57.9 cm³/mol. The maximum Gasteiger partial charge on any atom is 0.420 e. The third-order valence-corrected chi connectivity index (χ3v) is 2.47. The van der Waals surface area contributed by atoms with E-state index in [1.54, 1.807) is 0 Å². The number of halogens is 1. The van der Waals surface area contributed by atoms with Gasteiger partial charge in [0.25, 0.3) is 0 Å². The van der Waals surface area contributed by atoms with Crippen LogP contribution in [0.3, 0.4) is 0 Å². The summed E-state index contributed by atoms with van der Waals surface area (Å²) in [7, 11) is 0. The Morgan fingerprint density at radius 2 is 2.07 bits per heavy atom. The summed E-state index contributed by atoms with van der Waals surface area (Å²) < 4.78 is 6.36. The van der Waals surface area contributed by atoms with E-state index in [1.807, 2.05) is 37.3 Å². The van der Waals surface area contributed by atoms with E-state index in [-0.39, 0.29) is 6.09 Å². The van der Waals surface area contributed by atoms with Crippen molar-refractivity contribution in [1.29, 1.82) is 0 Å². The van der Waals surface area contributed by atoms with Gasteiger partial charge in [0, 0.05) is 6.54 Å². The monoisotopic (exact) mass is 257 g/mol. The van der Waals surface area contributed by atoms with Crippen molar-refractivity contribution in [3.8, 4) is 0 Å². The van der Waals surface area contributed by atoms with Gasteiger partial charge in [0.2, 0.25) is 0 Å². The highest BCUT2D eigenvalue weighted by Gasteiger charge is 2.08. The Bertz CT molecular complexity index is 289. The van der Waals surface area contributed by atoms with Crippen LogP contribution in [0.5, 0.6) is 0 Å². The van der Waals surface area contributed by atoms with E-state index in [0.717, 1.165) is 5.56 Å². The minimum Gasteiger partial charge on any atom is -0.444 e. The first-order valence-electron chi connectivity index (χ1n) is 4.38. The normalized spacial score (nSPS) is 9.57. The Morgan fingerprint density at radius 1 is 1.43 bits per heavy atom. The molecule has 0 aliphatic rings. The molecule has 76 valence electrons. The molecule has 1 aromatic rings. The summed E-state index contributed by atoms with van der Waals surface area (Å²) >= 11 is 3.07. The van der Waals surface area contributed by atoms with Crippen LogP contribution in [0.1, 0.15) is 12.5 Å². The lowest BCUT2D eigenvalue weighted by Crippen LogP contribution is -2.21. The number of nitrogens with zero attached hydrogens (tertiary/aromatic N) is 1. The van der Waals surface area contributed by atoms with Crippen LogP contribution in [0.25, 0.3) is 0 Å². The average molecular weight is 258 g/mol. The van der Waals surface area contributed by atoms with Gasteiger partial charge in [-0.15, -0.1) is 0 Å². The summed E-state index contributed by atoms with van der Waals surface area (Å²) in [5.74, 6) is 0. The summed E-state index contributed by atoms with van der Waals surface area (Å²) in [5.41, 5.74) is 0.984. The number of benzene rings is 1. The Kier molecular flexibility index (Phi) is 4.46. The number of carbonyl (C=O) groups is 1. The molecule has 0 bridgehead atoms. The molecule has 4 heteroatoms. The number of rotatable bonds is 3. The van der Waals surface area contributed by atoms with Gasteiger partial charge in [0.1, 0.15) is 6.61 Å². The molecule has 0 saturated carbocycles. The van der Waals surface area contributed by atoms with E-state index in [9.17, 15) is 4.79 Å². The van der Waals surface area contributed by atoms with Crippen molar-refractivity contribution in [2.75, 3.05) is 6.54 Å². The van der Waals surface area contributed by atoms with Gasteiger partial charge in [-0.3, -0.25) is 0 Å². The summed E-state index contributed by atoms with van der Waals surface area (Å²) in [6.07, 6.45) is -0.364. The van der Waals surface area contributed by atoms with Gasteiger partial charge in [-0.2, -0.15) is 0 Å². The molecule has 0 aromatic heterocycles. The smallest absolute Gasteiger partial charge is 0.420 e. The van der Waals surface area contributed by atoms with Gasteiger partial charge in [-0.1, -0.05) is 30.3 Å². The first-order chi connectivity index (χ1) is 6.74. The van der Waals surface area contributed by atoms with Crippen LogP contribution in [-0.2, 0) is 11.3 Å². The molecule has 0 saturated heterocycles. The Morgan fingerprint density at radius 3 is 2.64 bits per heavy atom. The van der Waals surface area contributed by atoms with E-state index in [2.05, 4.69) is 16.1 Å². The molecule has 0 spiro atoms. The number of hydrogen-bond donors (Lipinski definition) is 0. The number of hydrogen-bond acceptors (Lipinski definition) is 2. The molecule has 0 aliphatic carbocycles. The van der Waals surface area contributed by atoms with Gasteiger partial charge < -0.3 is 4.74 Å². The van der Waals surface area contributed by atoms with Crippen molar-refractivity contribution in [3.63, 3.8) is 0 Å². The molecular formula is C10H12BrNO2. The molecule has 1 aromatic carbocycles. The topological polar surface area (TPSA) is 29.5 Å². The first kappa shape index (κ1) is 11.0. The second-order valence-electron chi connectivity index (χ2n) is 2.72. The van der Waals surface area contributed by atoms with Crippen LogP contribution in [-0.4, -0.2) is 16.6 Å². The minimum absolute atomic E-state index is 0.307. The second kappa shape index (κ2) is 5.65. The van der Waals surface area contributed by atoms with Crippen LogP contribution in [0, 0.1) is 0 Å². The zero-order valence-electron chi connectivity index (χ0n) is 7.94. The molecule has 0 heterocycles. The first-order valence-corrected chi connectivity index (χ1v) is 5.09. The van der Waals surface area contributed by atoms with Crippen molar-refractivity contribution >= 4 is 22.2 Å². The van der Waals surface area contributed by atoms with Gasteiger partial charge in [-0.05, 0) is 12.5 Å². The van der Waals surface area contributed by atoms with Gasteiger partial charge in [0.05, 0.1) is 16.1 Å². The standard InChI is InChI=1S/C10H12BrNO2/c1-2-12(11)10(13)14-8-9-6-4-3-5-7-9/h3-7H,2,8H2,1H3. The highest BCUT2D eigenvalue weighted by Crippen LogP contribution is 2.05. The van der Waals surface area contributed by atoms with Crippen molar-refractivity contribution in [1.82, 2.24) is 3.93 Å². The summed E-state index contributed by atoms with van der Waals surface area (Å²) in [6, 6.07) is 9.58. The zero-order valence-corrected chi connectivity index (χ0v) is 9.53. The highest BCUT2D eigenvalue weighted by molar-refractivity contribution is 9.07. The molecule has 1 amide bonds. The van der Waals surface area contributed by atoms with Gasteiger partial charge >= 0.3 is 6.09 Å². The lowest BCUT2D eigenvalue weighted by atomic mass is 10.2. The molecule has 0 radical (unpaired) electrons. The highest BCUT2D eigenvalue weighted by atomic mass is 79.9. The molecule has 1 rings (SSSR count). The van der Waals surface area contributed by atoms with Crippen LogP contribution in [0.2, 0.25) is 0 Å². The fraction of sp³-hybridized carbons (Fsp3) is 0.300. The Labute approximate surface area is 92.0 Å². The molecule has 14 heavy (non-hydrogen) atoms. The summed E-state index contributed by atoms with van der Waals surface area (Å²) in [4.78, 5) is 11.2. The van der Waals surface area contributed by atoms with E-state index < -0.39 is 0 Å². The largest absolute Gasteiger partial charge is 0.444 e. The van der Waals surface area contributed by atoms with Gasteiger partial charge in [-0.25, -0.2) is 8.72 Å². The fourth-order valence-electron chi connectivity index (χ4n) is 0.918. The Balaban J connectivity index is 2.38. The quantitative estimate of drug-likeness (QED) is 0.780. The maximum atomic E-state index is 11.2. The maximum absolute atomic E-state index is 11.2. The zero-order chi connectivity index (χ0) is 10.4. The number of amides is 1. The molecule has 0 atom stereocenters. The predicted octanol–water partition coefficient (Wildman–Crippen LogP) is 2.96. The molecule has 0 aliphatic heterocycles. The average Bonchev–Trinajstić information content (AvgIpc) is 2.26. The van der Waals surface area contributed by atoms with Crippen LogP contribution < -0.4 is 0 Å². The van der Waals surface area contributed by atoms with Crippen molar-refractivity contribution in [2.45, 2.75) is 13.5 Å². The van der Waals surface area contributed by atoms with Gasteiger partial charge in [0.15, 0.2) is 0 Å². The molecule has 0 fully saturated rings. The molecule has 3 nitrogen and oxygen atoms in total. The lowest BCUT2D eigenvalue weighted by molar-refractivity contribution is 0.124. The number of ether oxygens (including phenoxy) is 1. The minimum atomic E-state index is -0.364. The molecule has 0 N–H and O–H groups in total. The van der Waals surface area contributed by atoms with E-state index in [4.69, 9.17) is 4.74 Å². The van der Waals surface area contributed by atoms with Crippen LogP contribution >= 0.6 is 16.1 Å².